The molecule has 0 aliphatic rings. The zero-order valence-corrected chi connectivity index (χ0v) is 14.3. The molecular weight excluding hydrogens is 300 g/mol. The molecule has 0 radical (unpaired) electrons. The Morgan fingerprint density at radius 2 is 1.79 bits per heavy atom. The molecule has 24 heavy (non-hydrogen) atoms. The van der Waals surface area contributed by atoms with Crippen LogP contribution in [0.2, 0.25) is 0 Å². The zero-order valence-electron chi connectivity index (χ0n) is 14.3. The molecule has 2 rings (SSSR count). The molecular formula is C20H26N2O2. The third-order valence-electron chi connectivity index (χ3n) is 3.62. The summed E-state index contributed by atoms with van der Waals surface area (Å²) in [5.74, 6) is 0.796. The minimum Gasteiger partial charge on any atom is -0.494 e. The van der Waals surface area contributed by atoms with Crippen LogP contribution in [0.15, 0.2) is 54.6 Å². The number of hydrogen-bond donors (Lipinski definition) is 2. The summed E-state index contributed by atoms with van der Waals surface area (Å²) in [5.41, 5.74) is 2.05. The third-order valence-corrected chi connectivity index (χ3v) is 3.62. The van der Waals surface area contributed by atoms with Crippen molar-refractivity contribution < 1.29 is 9.53 Å². The number of carbonyl (C=O) groups is 1. The van der Waals surface area contributed by atoms with Crippen molar-refractivity contribution in [2.45, 2.75) is 26.2 Å². The number of anilines is 1. The molecule has 0 aliphatic carbocycles. The Balaban J connectivity index is 1.64. The summed E-state index contributed by atoms with van der Waals surface area (Å²) in [6.07, 6.45) is 3.08. The van der Waals surface area contributed by atoms with Crippen LogP contribution < -0.4 is 15.4 Å². The van der Waals surface area contributed by atoms with Crippen molar-refractivity contribution in [3.8, 4) is 5.75 Å². The Bertz CT molecular complexity index is 597. The highest BCUT2D eigenvalue weighted by molar-refractivity contribution is 5.92. The van der Waals surface area contributed by atoms with E-state index in [9.17, 15) is 4.79 Å². The second-order valence-electron chi connectivity index (χ2n) is 5.69. The fraction of sp³-hybridized carbons (Fsp3) is 0.350. The van der Waals surface area contributed by atoms with E-state index in [0.29, 0.717) is 6.54 Å². The fourth-order valence-corrected chi connectivity index (χ4v) is 2.25. The van der Waals surface area contributed by atoms with Crippen LogP contribution in [0.3, 0.4) is 0 Å². The first-order chi connectivity index (χ1) is 11.8. The maximum atomic E-state index is 11.9. The van der Waals surface area contributed by atoms with Gasteiger partial charge >= 0.3 is 0 Å². The number of benzene rings is 2. The maximum absolute atomic E-state index is 11.9. The van der Waals surface area contributed by atoms with Crippen molar-refractivity contribution in [3.63, 3.8) is 0 Å². The van der Waals surface area contributed by atoms with E-state index in [1.165, 1.54) is 5.56 Å². The van der Waals surface area contributed by atoms with Crippen molar-refractivity contribution in [1.29, 1.82) is 0 Å². The summed E-state index contributed by atoms with van der Waals surface area (Å²) in [7, 11) is 0. The van der Waals surface area contributed by atoms with Gasteiger partial charge in [-0.1, -0.05) is 43.7 Å². The molecule has 4 nitrogen and oxygen atoms in total. The molecule has 0 saturated heterocycles. The van der Waals surface area contributed by atoms with Gasteiger partial charge in [-0.25, -0.2) is 0 Å². The van der Waals surface area contributed by atoms with E-state index in [1.807, 2.05) is 42.5 Å². The highest BCUT2D eigenvalue weighted by Gasteiger charge is 2.02. The van der Waals surface area contributed by atoms with Gasteiger partial charge in [0.15, 0.2) is 0 Å². The number of amides is 1. The molecule has 0 aromatic heterocycles. The highest BCUT2D eigenvalue weighted by atomic mass is 16.5. The monoisotopic (exact) mass is 326 g/mol. The van der Waals surface area contributed by atoms with E-state index in [-0.39, 0.29) is 5.91 Å². The molecule has 0 atom stereocenters. The number of carbonyl (C=O) groups excluding carboxylic acids is 1. The zero-order chi connectivity index (χ0) is 17.0. The summed E-state index contributed by atoms with van der Waals surface area (Å²) >= 11 is 0. The van der Waals surface area contributed by atoms with Crippen LogP contribution in [0, 0.1) is 0 Å². The number of rotatable bonds is 10. The molecule has 0 bridgehead atoms. The molecule has 0 heterocycles. The average molecular weight is 326 g/mol. The normalized spacial score (nSPS) is 10.4. The van der Waals surface area contributed by atoms with E-state index in [2.05, 4.69) is 29.7 Å². The van der Waals surface area contributed by atoms with Crippen molar-refractivity contribution in [2.75, 3.05) is 25.0 Å². The quantitative estimate of drug-likeness (QED) is 0.656. The smallest absolute Gasteiger partial charge is 0.238 e. The second-order valence-corrected chi connectivity index (χ2v) is 5.69. The second kappa shape index (κ2) is 10.4. The van der Waals surface area contributed by atoms with Crippen LogP contribution >= 0.6 is 0 Å². The lowest BCUT2D eigenvalue weighted by Crippen LogP contribution is -2.29. The first-order valence-corrected chi connectivity index (χ1v) is 8.55. The first-order valence-electron chi connectivity index (χ1n) is 8.55. The van der Waals surface area contributed by atoms with Gasteiger partial charge in [0.25, 0.3) is 0 Å². The van der Waals surface area contributed by atoms with E-state index in [1.54, 1.807) is 0 Å². The van der Waals surface area contributed by atoms with Crippen molar-refractivity contribution in [2.24, 2.45) is 0 Å². The molecule has 0 fully saturated rings. The van der Waals surface area contributed by atoms with Crippen LogP contribution in [0.5, 0.6) is 5.75 Å². The largest absolute Gasteiger partial charge is 0.494 e. The average Bonchev–Trinajstić information content (AvgIpc) is 2.61. The molecule has 2 N–H and O–H groups in total. The number of nitrogens with one attached hydrogen (secondary N) is 2. The third kappa shape index (κ3) is 6.84. The van der Waals surface area contributed by atoms with Gasteiger partial charge in [-0.2, -0.15) is 0 Å². The Labute approximate surface area is 144 Å². The molecule has 0 saturated carbocycles. The number of hydrogen-bond acceptors (Lipinski definition) is 3. The van der Waals surface area contributed by atoms with E-state index >= 15 is 0 Å². The number of ether oxygens (including phenoxy) is 1. The van der Waals surface area contributed by atoms with Crippen LogP contribution in [0.1, 0.15) is 25.3 Å². The highest BCUT2D eigenvalue weighted by Crippen LogP contribution is 2.15. The van der Waals surface area contributed by atoms with E-state index in [0.717, 1.165) is 43.9 Å². The molecule has 4 heteroatoms. The van der Waals surface area contributed by atoms with Gasteiger partial charge in [-0.15, -0.1) is 0 Å². The predicted octanol–water partition coefficient (Wildman–Crippen LogP) is 3.64. The van der Waals surface area contributed by atoms with Gasteiger partial charge in [0.2, 0.25) is 5.91 Å². The van der Waals surface area contributed by atoms with Crippen LogP contribution in [0.4, 0.5) is 5.69 Å². The number of unbranched alkanes of at least 4 members (excludes halogenated alkanes) is 1. The van der Waals surface area contributed by atoms with E-state index in [4.69, 9.17) is 4.74 Å². The van der Waals surface area contributed by atoms with Gasteiger partial charge in [-0.05, 0) is 49.2 Å². The maximum Gasteiger partial charge on any atom is 0.238 e. The van der Waals surface area contributed by atoms with Crippen LogP contribution in [-0.4, -0.2) is 25.6 Å². The first kappa shape index (κ1) is 18.0. The van der Waals surface area contributed by atoms with Gasteiger partial charge < -0.3 is 15.4 Å². The van der Waals surface area contributed by atoms with Gasteiger partial charge in [0.1, 0.15) is 5.75 Å². The Kier molecular flexibility index (Phi) is 7.84. The summed E-state index contributed by atoms with van der Waals surface area (Å²) in [4.78, 5) is 11.9. The summed E-state index contributed by atoms with van der Waals surface area (Å²) < 4.78 is 5.60. The molecule has 128 valence electrons. The molecule has 0 aliphatic heterocycles. The lowest BCUT2D eigenvalue weighted by Gasteiger charge is -2.09. The summed E-state index contributed by atoms with van der Waals surface area (Å²) in [5, 5.41) is 6.04. The minimum absolute atomic E-state index is 0.0392. The van der Waals surface area contributed by atoms with Crippen molar-refractivity contribution >= 4 is 11.6 Å². The summed E-state index contributed by atoms with van der Waals surface area (Å²) in [6.45, 7) is 3.95. The topological polar surface area (TPSA) is 50.4 Å². The molecule has 0 spiro atoms. The lowest BCUT2D eigenvalue weighted by atomic mass is 10.1. The predicted molar refractivity (Wildman–Crippen MR) is 98.5 cm³/mol. The van der Waals surface area contributed by atoms with E-state index < -0.39 is 0 Å². The molecule has 2 aromatic rings. The van der Waals surface area contributed by atoms with Crippen LogP contribution in [-0.2, 0) is 11.2 Å². The lowest BCUT2D eigenvalue weighted by molar-refractivity contribution is -0.115. The van der Waals surface area contributed by atoms with Crippen molar-refractivity contribution in [1.82, 2.24) is 5.32 Å². The SMILES string of the molecule is CCCCOc1ccc(NC(=O)CNCCc2ccccc2)cc1. The molecule has 1 amide bonds. The molecule has 2 aromatic carbocycles. The van der Waals surface area contributed by atoms with Crippen LogP contribution in [0.25, 0.3) is 0 Å². The van der Waals surface area contributed by atoms with Gasteiger partial charge in [0, 0.05) is 5.69 Å². The minimum atomic E-state index is -0.0392. The van der Waals surface area contributed by atoms with Crippen molar-refractivity contribution in [3.05, 3.63) is 60.2 Å². The Morgan fingerprint density at radius 3 is 2.50 bits per heavy atom. The Hall–Kier alpha value is -2.33. The van der Waals surface area contributed by atoms with Gasteiger partial charge in [0.05, 0.1) is 13.2 Å². The summed E-state index contributed by atoms with van der Waals surface area (Å²) in [6, 6.07) is 17.7. The van der Waals surface area contributed by atoms with Gasteiger partial charge in [-0.3, -0.25) is 4.79 Å². The Morgan fingerprint density at radius 1 is 1.04 bits per heavy atom. The standard InChI is InChI=1S/C20H26N2O2/c1-2-3-15-24-19-11-9-18(10-12-19)22-20(23)16-21-14-13-17-7-5-4-6-8-17/h4-12,21H,2-3,13-16H2,1H3,(H,22,23). The molecule has 0 unspecified atom stereocenters. The fourth-order valence-electron chi connectivity index (χ4n) is 2.25.